The van der Waals surface area contributed by atoms with Crippen molar-refractivity contribution in [2.24, 2.45) is 0 Å². The van der Waals surface area contributed by atoms with Crippen molar-refractivity contribution in [3.05, 3.63) is 94.4 Å². The molecule has 0 aliphatic carbocycles. The van der Waals surface area contributed by atoms with Crippen LogP contribution < -0.4 is 0 Å². The van der Waals surface area contributed by atoms with Gasteiger partial charge in [-0.1, -0.05) is 58.4 Å². The van der Waals surface area contributed by atoms with Crippen LogP contribution in [0.2, 0.25) is 0 Å². The topological polar surface area (TPSA) is 36.7 Å². The highest BCUT2D eigenvalue weighted by Gasteiger charge is 2.29. The van der Waals surface area contributed by atoms with Crippen LogP contribution in [-0.4, -0.2) is 41.9 Å². The van der Waals surface area contributed by atoms with Crippen molar-refractivity contribution in [1.82, 2.24) is 9.80 Å². The average Bonchev–Trinajstić information content (AvgIpc) is 3.25. The van der Waals surface area contributed by atoms with Gasteiger partial charge >= 0.3 is 0 Å². The molecule has 0 spiro atoms. The fourth-order valence-corrected chi connectivity index (χ4v) is 3.90. The number of hydrogen-bond acceptors (Lipinski definition) is 3. The van der Waals surface area contributed by atoms with Crippen molar-refractivity contribution in [1.29, 1.82) is 0 Å². The van der Waals surface area contributed by atoms with Gasteiger partial charge in [0.05, 0.1) is 12.3 Å². The van der Waals surface area contributed by atoms with E-state index in [9.17, 15) is 4.79 Å². The number of piperazine rings is 1. The number of carbonyl (C=O) groups is 1. The summed E-state index contributed by atoms with van der Waals surface area (Å²) in [6.07, 6.45) is 1.54. The number of nitrogens with zero attached hydrogens (tertiary/aromatic N) is 2. The molecule has 1 amide bonds. The van der Waals surface area contributed by atoms with Crippen LogP contribution in [0.1, 0.15) is 27.7 Å². The van der Waals surface area contributed by atoms with Crippen molar-refractivity contribution in [2.45, 2.75) is 6.04 Å². The van der Waals surface area contributed by atoms with Crippen LogP contribution in [-0.2, 0) is 0 Å². The van der Waals surface area contributed by atoms with Crippen molar-refractivity contribution in [3.8, 4) is 0 Å². The Morgan fingerprint density at radius 3 is 2.15 bits per heavy atom. The van der Waals surface area contributed by atoms with E-state index in [2.05, 4.69) is 69.4 Å². The van der Waals surface area contributed by atoms with E-state index in [1.165, 1.54) is 11.1 Å². The molecule has 2 heterocycles. The van der Waals surface area contributed by atoms with Gasteiger partial charge in [-0.15, -0.1) is 0 Å². The number of halogens is 1. The molecule has 1 aromatic heterocycles. The lowest BCUT2D eigenvalue weighted by atomic mass is 9.96. The third-order valence-corrected chi connectivity index (χ3v) is 5.53. The maximum absolute atomic E-state index is 12.5. The highest BCUT2D eigenvalue weighted by molar-refractivity contribution is 9.10. The molecule has 0 bridgehead atoms. The Hall–Kier alpha value is -2.37. The summed E-state index contributed by atoms with van der Waals surface area (Å²) in [7, 11) is 0. The van der Waals surface area contributed by atoms with Crippen molar-refractivity contribution < 1.29 is 9.21 Å². The molecule has 5 heteroatoms. The first-order chi connectivity index (χ1) is 13.2. The van der Waals surface area contributed by atoms with Gasteiger partial charge in [0, 0.05) is 30.7 Å². The number of furan rings is 1. The summed E-state index contributed by atoms with van der Waals surface area (Å²) in [5.41, 5.74) is 2.53. The first-order valence-corrected chi connectivity index (χ1v) is 9.89. The summed E-state index contributed by atoms with van der Waals surface area (Å²) in [5.74, 6) is 0.385. The number of benzene rings is 2. The van der Waals surface area contributed by atoms with Crippen LogP contribution in [0.5, 0.6) is 0 Å². The van der Waals surface area contributed by atoms with E-state index in [0.717, 1.165) is 17.6 Å². The van der Waals surface area contributed by atoms with Crippen LogP contribution in [0, 0.1) is 0 Å². The third-order valence-electron chi connectivity index (χ3n) is 5.00. The minimum atomic E-state index is -0.0282. The smallest absolute Gasteiger partial charge is 0.289 e. The molecule has 1 atom stereocenters. The van der Waals surface area contributed by atoms with Gasteiger partial charge in [0.2, 0.25) is 0 Å². The molecule has 0 N–H and O–H groups in total. The van der Waals surface area contributed by atoms with Crippen LogP contribution in [0.3, 0.4) is 0 Å². The summed E-state index contributed by atoms with van der Waals surface area (Å²) in [5, 5.41) is 0. The standard InChI is InChI=1S/C22H21BrN2O2/c23-19-10-8-18(9-11-19)21(17-5-2-1-3-6-17)24-12-14-25(15-13-24)22(26)20-7-4-16-27-20/h1-11,16,21H,12-15H2. The lowest BCUT2D eigenvalue weighted by Crippen LogP contribution is -2.49. The van der Waals surface area contributed by atoms with E-state index in [0.29, 0.717) is 18.8 Å². The fraction of sp³-hybridized carbons (Fsp3) is 0.227. The molecule has 3 aromatic rings. The monoisotopic (exact) mass is 424 g/mol. The minimum Gasteiger partial charge on any atom is -0.459 e. The summed E-state index contributed by atoms with van der Waals surface area (Å²) in [4.78, 5) is 16.8. The Kier molecular flexibility index (Phi) is 5.41. The zero-order valence-corrected chi connectivity index (χ0v) is 16.5. The highest BCUT2D eigenvalue weighted by Crippen LogP contribution is 2.30. The molecule has 138 valence electrons. The van der Waals surface area contributed by atoms with Gasteiger partial charge < -0.3 is 9.32 Å². The molecule has 0 saturated carbocycles. The molecule has 1 aliphatic rings. The Morgan fingerprint density at radius 2 is 1.52 bits per heavy atom. The summed E-state index contributed by atoms with van der Waals surface area (Å²) in [6, 6.07) is 22.7. The molecule has 0 radical (unpaired) electrons. The average molecular weight is 425 g/mol. The molecular weight excluding hydrogens is 404 g/mol. The van der Waals surface area contributed by atoms with E-state index < -0.39 is 0 Å². The zero-order valence-electron chi connectivity index (χ0n) is 14.9. The second-order valence-corrected chi connectivity index (χ2v) is 7.59. The van der Waals surface area contributed by atoms with Crippen LogP contribution in [0.4, 0.5) is 0 Å². The first kappa shape index (κ1) is 18.0. The van der Waals surface area contributed by atoms with Crippen LogP contribution in [0.25, 0.3) is 0 Å². The molecule has 1 aliphatic heterocycles. The van der Waals surface area contributed by atoms with E-state index in [1.807, 2.05) is 11.0 Å². The normalized spacial score (nSPS) is 16.3. The maximum Gasteiger partial charge on any atom is 0.289 e. The number of carbonyl (C=O) groups excluding carboxylic acids is 1. The number of amides is 1. The Balaban J connectivity index is 1.54. The quantitative estimate of drug-likeness (QED) is 0.614. The Morgan fingerprint density at radius 1 is 0.852 bits per heavy atom. The van der Waals surface area contributed by atoms with Crippen molar-refractivity contribution in [2.75, 3.05) is 26.2 Å². The molecule has 1 saturated heterocycles. The minimum absolute atomic E-state index is 0.0282. The zero-order chi connectivity index (χ0) is 18.6. The lowest BCUT2D eigenvalue weighted by Gasteiger charge is -2.39. The van der Waals surface area contributed by atoms with Crippen molar-refractivity contribution in [3.63, 3.8) is 0 Å². The van der Waals surface area contributed by atoms with Gasteiger partial charge in [-0.2, -0.15) is 0 Å². The van der Waals surface area contributed by atoms with Crippen LogP contribution in [0.15, 0.2) is 81.9 Å². The van der Waals surface area contributed by atoms with Crippen LogP contribution >= 0.6 is 15.9 Å². The lowest BCUT2D eigenvalue weighted by molar-refractivity contribution is 0.0568. The van der Waals surface area contributed by atoms with E-state index >= 15 is 0 Å². The molecular formula is C22H21BrN2O2. The predicted octanol–water partition coefficient (Wildman–Crippen LogP) is 4.59. The summed E-state index contributed by atoms with van der Waals surface area (Å²) < 4.78 is 6.34. The molecule has 2 aromatic carbocycles. The fourth-order valence-electron chi connectivity index (χ4n) is 3.63. The van der Waals surface area contributed by atoms with Gasteiger partial charge in [-0.3, -0.25) is 9.69 Å². The van der Waals surface area contributed by atoms with E-state index in [1.54, 1.807) is 18.4 Å². The predicted molar refractivity (Wildman–Crippen MR) is 109 cm³/mol. The first-order valence-electron chi connectivity index (χ1n) is 9.09. The number of rotatable bonds is 4. The van der Waals surface area contributed by atoms with Gasteiger partial charge in [0.15, 0.2) is 5.76 Å². The third kappa shape index (κ3) is 3.99. The Labute approximate surface area is 167 Å². The summed E-state index contributed by atoms with van der Waals surface area (Å²) in [6.45, 7) is 3.03. The molecule has 4 rings (SSSR count). The van der Waals surface area contributed by atoms with Crippen molar-refractivity contribution >= 4 is 21.8 Å². The molecule has 27 heavy (non-hydrogen) atoms. The second kappa shape index (κ2) is 8.11. The number of hydrogen-bond donors (Lipinski definition) is 0. The van der Waals surface area contributed by atoms with E-state index in [4.69, 9.17) is 4.42 Å². The second-order valence-electron chi connectivity index (χ2n) is 6.67. The van der Waals surface area contributed by atoms with Gasteiger partial charge in [-0.05, 0) is 35.4 Å². The van der Waals surface area contributed by atoms with Gasteiger partial charge in [-0.25, -0.2) is 0 Å². The largest absolute Gasteiger partial charge is 0.459 e. The molecule has 4 nitrogen and oxygen atoms in total. The SMILES string of the molecule is O=C(c1ccco1)N1CCN(C(c2ccccc2)c2ccc(Br)cc2)CC1. The summed E-state index contributed by atoms with van der Waals surface area (Å²) >= 11 is 3.52. The van der Waals surface area contributed by atoms with Gasteiger partial charge in [0.25, 0.3) is 5.91 Å². The van der Waals surface area contributed by atoms with E-state index in [-0.39, 0.29) is 11.9 Å². The Bertz CT molecular complexity index is 870. The maximum atomic E-state index is 12.5. The molecule has 1 unspecified atom stereocenters. The molecule has 1 fully saturated rings. The highest BCUT2D eigenvalue weighted by atomic mass is 79.9. The van der Waals surface area contributed by atoms with Gasteiger partial charge in [0.1, 0.15) is 0 Å².